The third-order valence-electron chi connectivity index (χ3n) is 3.00. The molecule has 0 amide bonds. The molecule has 1 aromatic carbocycles. The van der Waals surface area contributed by atoms with Crippen LogP contribution in [0.1, 0.15) is 25.5 Å². The summed E-state index contributed by atoms with van der Waals surface area (Å²) < 4.78 is 24.9. The van der Waals surface area contributed by atoms with E-state index < -0.39 is 6.43 Å². The summed E-state index contributed by atoms with van der Waals surface area (Å²) in [4.78, 5) is 1.49. The fraction of sp³-hybridized carbons (Fsp3) is 0.571. The van der Waals surface area contributed by atoms with E-state index in [4.69, 9.17) is 5.11 Å². The summed E-state index contributed by atoms with van der Waals surface area (Å²) in [6.45, 7) is 4.70. The average Bonchev–Trinajstić information content (AvgIpc) is 2.38. The number of benzene rings is 1. The standard InChI is InChI=1S/C14H22F2N2O/c1-3-17-11(2)12-4-6-13(7-5-12)18(8-9-19)10-14(15)16/h4-7,11,14,17,19H,3,8-10H2,1-2H3. The van der Waals surface area contributed by atoms with Crippen molar-refractivity contribution in [2.24, 2.45) is 0 Å². The van der Waals surface area contributed by atoms with Crippen LogP contribution in [0.4, 0.5) is 14.5 Å². The smallest absolute Gasteiger partial charge is 0.255 e. The summed E-state index contributed by atoms with van der Waals surface area (Å²) in [5.41, 5.74) is 1.83. The first-order valence-electron chi connectivity index (χ1n) is 6.55. The van der Waals surface area contributed by atoms with E-state index in [0.29, 0.717) is 5.69 Å². The second-order valence-corrected chi connectivity index (χ2v) is 4.43. The molecule has 0 fully saturated rings. The molecule has 1 unspecified atom stereocenters. The molecule has 0 saturated heterocycles. The predicted octanol–water partition coefficient (Wildman–Crippen LogP) is 2.42. The highest BCUT2D eigenvalue weighted by atomic mass is 19.3. The maximum absolute atomic E-state index is 12.5. The second kappa shape index (κ2) is 8.07. The van der Waals surface area contributed by atoms with E-state index in [1.54, 1.807) is 0 Å². The zero-order chi connectivity index (χ0) is 14.3. The molecule has 1 aromatic rings. The normalized spacial score (nSPS) is 12.7. The van der Waals surface area contributed by atoms with Gasteiger partial charge in [-0.15, -0.1) is 0 Å². The van der Waals surface area contributed by atoms with Crippen molar-refractivity contribution < 1.29 is 13.9 Å². The van der Waals surface area contributed by atoms with Crippen LogP contribution < -0.4 is 10.2 Å². The maximum Gasteiger partial charge on any atom is 0.255 e. The number of aliphatic hydroxyl groups excluding tert-OH is 1. The van der Waals surface area contributed by atoms with Crippen molar-refractivity contribution in [1.29, 1.82) is 0 Å². The number of hydrogen-bond acceptors (Lipinski definition) is 3. The Morgan fingerprint density at radius 2 is 1.89 bits per heavy atom. The van der Waals surface area contributed by atoms with Gasteiger partial charge in [-0.1, -0.05) is 19.1 Å². The van der Waals surface area contributed by atoms with E-state index in [-0.39, 0.29) is 25.7 Å². The van der Waals surface area contributed by atoms with Crippen molar-refractivity contribution in [3.63, 3.8) is 0 Å². The van der Waals surface area contributed by atoms with Crippen LogP contribution in [0, 0.1) is 0 Å². The lowest BCUT2D eigenvalue weighted by atomic mass is 10.1. The van der Waals surface area contributed by atoms with Crippen LogP contribution in [0.15, 0.2) is 24.3 Å². The monoisotopic (exact) mass is 272 g/mol. The average molecular weight is 272 g/mol. The number of hydrogen-bond donors (Lipinski definition) is 2. The summed E-state index contributed by atoms with van der Waals surface area (Å²) in [5, 5.41) is 12.2. The van der Waals surface area contributed by atoms with Gasteiger partial charge in [-0.05, 0) is 31.2 Å². The lowest BCUT2D eigenvalue weighted by molar-refractivity contribution is 0.153. The first-order valence-corrected chi connectivity index (χ1v) is 6.55. The first kappa shape index (κ1) is 15.9. The lowest BCUT2D eigenvalue weighted by Crippen LogP contribution is -2.31. The van der Waals surface area contributed by atoms with E-state index in [2.05, 4.69) is 12.2 Å². The molecule has 0 spiro atoms. The van der Waals surface area contributed by atoms with Gasteiger partial charge >= 0.3 is 0 Å². The minimum atomic E-state index is -2.41. The summed E-state index contributed by atoms with van der Waals surface area (Å²) in [7, 11) is 0. The van der Waals surface area contributed by atoms with Crippen LogP contribution in [0.3, 0.4) is 0 Å². The minimum Gasteiger partial charge on any atom is -0.395 e. The van der Waals surface area contributed by atoms with E-state index in [9.17, 15) is 8.78 Å². The molecule has 0 aliphatic rings. The molecule has 108 valence electrons. The molecule has 2 N–H and O–H groups in total. The van der Waals surface area contributed by atoms with Crippen LogP contribution in [0.5, 0.6) is 0 Å². The van der Waals surface area contributed by atoms with Gasteiger partial charge in [-0.25, -0.2) is 8.78 Å². The molecule has 0 aromatic heterocycles. The zero-order valence-electron chi connectivity index (χ0n) is 11.4. The van der Waals surface area contributed by atoms with Gasteiger partial charge in [0.15, 0.2) is 0 Å². The Morgan fingerprint density at radius 3 is 2.37 bits per heavy atom. The van der Waals surface area contributed by atoms with Gasteiger partial charge in [0.2, 0.25) is 0 Å². The summed E-state index contributed by atoms with van der Waals surface area (Å²) >= 11 is 0. The molecule has 1 rings (SSSR count). The van der Waals surface area contributed by atoms with Gasteiger partial charge in [-0.3, -0.25) is 0 Å². The fourth-order valence-corrected chi connectivity index (χ4v) is 2.01. The van der Waals surface area contributed by atoms with Gasteiger partial charge in [-0.2, -0.15) is 0 Å². The highest BCUT2D eigenvalue weighted by molar-refractivity contribution is 5.48. The number of anilines is 1. The zero-order valence-corrected chi connectivity index (χ0v) is 11.4. The minimum absolute atomic E-state index is 0.137. The van der Waals surface area contributed by atoms with Crippen LogP contribution in [0.25, 0.3) is 0 Å². The van der Waals surface area contributed by atoms with Gasteiger partial charge < -0.3 is 15.3 Å². The van der Waals surface area contributed by atoms with Crippen molar-refractivity contribution in [1.82, 2.24) is 5.32 Å². The SMILES string of the molecule is CCNC(C)c1ccc(N(CCO)CC(F)F)cc1. The predicted molar refractivity (Wildman–Crippen MR) is 73.8 cm³/mol. The van der Waals surface area contributed by atoms with Crippen LogP contribution in [-0.4, -0.2) is 37.8 Å². The molecular weight excluding hydrogens is 250 g/mol. The van der Waals surface area contributed by atoms with E-state index in [1.807, 2.05) is 31.2 Å². The molecule has 0 radical (unpaired) electrons. The Bertz CT molecular complexity index is 357. The fourth-order valence-electron chi connectivity index (χ4n) is 2.01. The topological polar surface area (TPSA) is 35.5 Å². The van der Waals surface area contributed by atoms with Gasteiger partial charge in [0, 0.05) is 18.3 Å². The molecule has 0 aliphatic carbocycles. The van der Waals surface area contributed by atoms with Gasteiger partial charge in [0.05, 0.1) is 13.2 Å². The molecule has 0 aliphatic heterocycles. The number of alkyl halides is 2. The van der Waals surface area contributed by atoms with Crippen molar-refractivity contribution >= 4 is 5.69 Å². The van der Waals surface area contributed by atoms with Crippen LogP contribution >= 0.6 is 0 Å². The van der Waals surface area contributed by atoms with Gasteiger partial charge in [0.25, 0.3) is 6.43 Å². The maximum atomic E-state index is 12.5. The Morgan fingerprint density at radius 1 is 1.26 bits per heavy atom. The molecule has 0 heterocycles. The van der Waals surface area contributed by atoms with Crippen molar-refractivity contribution in [2.45, 2.75) is 26.3 Å². The summed E-state index contributed by atoms with van der Waals surface area (Å²) in [6, 6.07) is 7.74. The molecule has 1 atom stereocenters. The van der Waals surface area contributed by atoms with Gasteiger partial charge in [0.1, 0.15) is 0 Å². The quantitative estimate of drug-likeness (QED) is 0.763. The summed E-state index contributed by atoms with van der Waals surface area (Å²) in [6.07, 6.45) is -2.41. The van der Waals surface area contributed by atoms with Crippen molar-refractivity contribution in [2.75, 3.05) is 31.1 Å². The number of halogens is 2. The highest BCUT2D eigenvalue weighted by Crippen LogP contribution is 2.19. The van der Waals surface area contributed by atoms with E-state index in [1.165, 1.54) is 4.90 Å². The van der Waals surface area contributed by atoms with Crippen molar-refractivity contribution in [3.05, 3.63) is 29.8 Å². The lowest BCUT2D eigenvalue weighted by Gasteiger charge is -2.24. The van der Waals surface area contributed by atoms with Crippen LogP contribution in [0.2, 0.25) is 0 Å². The van der Waals surface area contributed by atoms with Crippen LogP contribution in [-0.2, 0) is 0 Å². The molecular formula is C14H22F2N2O. The second-order valence-electron chi connectivity index (χ2n) is 4.43. The highest BCUT2D eigenvalue weighted by Gasteiger charge is 2.13. The van der Waals surface area contributed by atoms with E-state index in [0.717, 1.165) is 12.1 Å². The number of rotatable bonds is 8. The summed E-state index contributed by atoms with van der Waals surface area (Å²) in [5.74, 6) is 0. The third kappa shape index (κ3) is 5.12. The Balaban J connectivity index is 2.76. The molecule has 5 heteroatoms. The van der Waals surface area contributed by atoms with E-state index >= 15 is 0 Å². The molecule has 0 saturated carbocycles. The number of nitrogens with zero attached hydrogens (tertiary/aromatic N) is 1. The number of aliphatic hydroxyl groups is 1. The molecule has 0 bridgehead atoms. The Hall–Kier alpha value is -1.20. The Kier molecular flexibility index (Phi) is 6.73. The largest absolute Gasteiger partial charge is 0.395 e. The molecule has 19 heavy (non-hydrogen) atoms. The Labute approximate surface area is 113 Å². The van der Waals surface area contributed by atoms with Crippen molar-refractivity contribution in [3.8, 4) is 0 Å². The third-order valence-corrected chi connectivity index (χ3v) is 3.00. The number of nitrogens with one attached hydrogen (secondary N) is 1. The first-order chi connectivity index (χ1) is 9.08. The molecule has 3 nitrogen and oxygen atoms in total.